The monoisotopic (exact) mass is 349 g/mol. The highest BCUT2D eigenvalue weighted by atomic mass is 16.5. The summed E-state index contributed by atoms with van der Waals surface area (Å²) in [7, 11) is 1.65. The number of para-hydroxylation sites is 1. The first kappa shape index (κ1) is 16.4. The van der Waals surface area contributed by atoms with Gasteiger partial charge in [-0.1, -0.05) is 24.3 Å². The second kappa shape index (κ2) is 6.71. The number of allylic oxidation sites excluding steroid dienone is 1. The van der Waals surface area contributed by atoms with Gasteiger partial charge in [0, 0.05) is 16.5 Å². The number of hydrogen-bond acceptors (Lipinski definition) is 3. The second-order valence-electron chi connectivity index (χ2n) is 6.11. The zero-order valence-corrected chi connectivity index (χ0v) is 14.7. The van der Waals surface area contributed by atoms with E-state index in [4.69, 9.17) is 15.3 Å². The van der Waals surface area contributed by atoms with E-state index < -0.39 is 0 Å². The summed E-state index contributed by atoms with van der Waals surface area (Å²) in [5.41, 5.74) is 4.13. The zero-order chi connectivity index (χ0) is 18.8. The Bertz CT molecular complexity index is 1250. The normalized spacial score (nSPS) is 10.3. The van der Waals surface area contributed by atoms with E-state index in [2.05, 4.69) is 16.7 Å². The molecule has 0 aliphatic carbocycles. The molecule has 0 saturated heterocycles. The standard InChI is InChI=1S/C23H15N3O/c1-27-19-9-7-18(8-10-19)26-22-5-3-2-4-20(22)21-13-16(6-11-23(21)26)12-17(14-24)15-25/h2-13H,1H3. The molecule has 0 amide bonds. The topological polar surface area (TPSA) is 61.7 Å². The van der Waals surface area contributed by atoms with Gasteiger partial charge in [0.2, 0.25) is 0 Å². The van der Waals surface area contributed by atoms with E-state index in [-0.39, 0.29) is 5.57 Å². The molecule has 0 aliphatic heterocycles. The van der Waals surface area contributed by atoms with Crippen molar-refractivity contribution < 1.29 is 4.74 Å². The van der Waals surface area contributed by atoms with Crippen molar-refractivity contribution >= 4 is 27.9 Å². The largest absolute Gasteiger partial charge is 0.497 e. The van der Waals surface area contributed by atoms with Crippen molar-refractivity contribution in [2.75, 3.05) is 7.11 Å². The first-order chi connectivity index (χ1) is 13.2. The predicted molar refractivity (Wildman–Crippen MR) is 107 cm³/mol. The molecule has 0 saturated carbocycles. The van der Waals surface area contributed by atoms with Crippen LogP contribution in [0, 0.1) is 22.7 Å². The number of methoxy groups -OCH3 is 1. The van der Waals surface area contributed by atoms with E-state index in [0.29, 0.717) is 0 Å². The lowest BCUT2D eigenvalue weighted by Crippen LogP contribution is -1.94. The van der Waals surface area contributed by atoms with Gasteiger partial charge in [0.15, 0.2) is 0 Å². The molecule has 0 unspecified atom stereocenters. The van der Waals surface area contributed by atoms with Gasteiger partial charge in [-0.2, -0.15) is 10.5 Å². The van der Waals surface area contributed by atoms with Gasteiger partial charge >= 0.3 is 0 Å². The third kappa shape index (κ3) is 2.80. The highest BCUT2D eigenvalue weighted by Gasteiger charge is 2.12. The summed E-state index contributed by atoms with van der Waals surface area (Å²) in [4.78, 5) is 0. The minimum Gasteiger partial charge on any atom is -0.497 e. The lowest BCUT2D eigenvalue weighted by atomic mass is 10.1. The van der Waals surface area contributed by atoms with Crippen LogP contribution in [0.15, 0.2) is 72.3 Å². The third-order valence-electron chi connectivity index (χ3n) is 4.58. The highest BCUT2D eigenvalue weighted by molar-refractivity contribution is 6.09. The van der Waals surface area contributed by atoms with Crippen LogP contribution in [0.4, 0.5) is 0 Å². The average molecular weight is 349 g/mol. The molecule has 1 aromatic heterocycles. The molecular weight excluding hydrogens is 334 g/mol. The number of hydrogen-bond donors (Lipinski definition) is 0. The summed E-state index contributed by atoms with van der Waals surface area (Å²) < 4.78 is 7.47. The first-order valence-electron chi connectivity index (χ1n) is 8.44. The van der Waals surface area contributed by atoms with Crippen molar-refractivity contribution in [2.45, 2.75) is 0 Å². The van der Waals surface area contributed by atoms with Crippen LogP contribution in [0.5, 0.6) is 5.75 Å². The molecule has 0 bridgehead atoms. The van der Waals surface area contributed by atoms with Crippen LogP contribution in [0.25, 0.3) is 33.6 Å². The second-order valence-corrected chi connectivity index (χ2v) is 6.11. The third-order valence-corrected chi connectivity index (χ3v) is 4.58. The Labute approximate surface area is 156 Å². The van der Waals surface area contributed by atoms with Crippen LogP contribution in [0.2, 0.25) is 0 Å². The number of aromatic nitrogens is 1. The van der Waals surface area contributed by atoms with Crippen molar-refractivity contribution in [3.05, 3.63) is 77.9 Å². The maximum Gasteiger partial charge on any atom is 0.130 e. The Morgan fingerprint density at radius 1 is 0.889 bits per heavy atom. The van der Waals surface area contributed by atoms with E-state index in [1.165, 1.54) is 0 Å². The zero-order valence-electron chi connectivity index (χ0n) is 14.7. The summed E-state index contributed by atoms with van der Waals surface area (Å²) in [6.45, 7) is 0. The van der Waals surface area contributed by atoms with E-state index in [1.807, 2.05) is 66.7 Å². The van der Waals surface area contributed by atoms with Crippen molar-refractivity contribution in [1.29, 1.82) is 10.5 Å². The van der Waals surface area contributed by atoms with Crippen LogP contribution >= 0.6 is 0 Å². The predicted octanol–water partition coefficient (Wildman–Crippen LogP) is 5.22. The molecule has 1 heterocycles. The summed E-state index contributed by atoms with van der Waals surface area (Å²) in [6, 6.07) is 25.9. The van der Waals surface area contributed by atoms with Crippen LogP contribution in [0.3, 0.4) is 0 Å². The molecule has 4 nitrogen and oxygen atoms in total. The first-order valence-corrected chi connectivity index (χ1v) is 8.44. The fourth-order valence-corrected chi connectivity index (χ4v) is 3.35. The van der Waals surface area contributed by atoms with Gasteiger partial charge in [-0.3, -0.25) is 0 Å². The SMILES string of the molecule is COc1ccc(-n2c3ccccc3c3cc(C=C(C#N)C#N)ccc32)cc1. The van der Waals surface area contributed by atoms with Gasteiger partial charge < -0.3 is 9.30 Å². The lowest BCUT2D eigenvalue weighted by Gasteiger charge is -2.09. The van der Waals surface area contributed by atoms with Gasteiger partial charge in [0.05, 0.1) is 18.1 Å². The number of nitrogens with zero attached hydrogens (tertiary/aromatic N) is 3. The van der Waals surface area contributed by atoms with Crippen molar-refractivity contribution in [3.63, 3.8) is 0 Å². The Morgan fingerprint density at radius 2 is 1.59 bits per heavy atom. The Hall–Kier alpha value is -4.02. The number of benzene rings is 3. The number of rotatable bonds is 3. The maximum atomic E-state index is 9.01. The Morgan fingerprint density at radius 3 is 2.30 bits per heavy atom. The lowest BCUT2D eigenvalue weighted by molar-refractivity contribution is 0.415. The van der Waals surface area contributed by atoms with E-state index in [9.17, 15) is 0 Å². The molecule has 0 N–H and O–H groups in total. The molecule has 0 atom stereocenters. The minimum atomic E-state index is 0.0910. The van der Waals surface area contributed by atoms with Crippen LogP contribution in [0.1, 0.15) is 5.56 Å². The van der Waals surface area contributed by atoms with Crippen molar-refractivity contribution in [1.82, 2.24) is 4.57 Å². The molecule has 0 radical (unpaired) electrons. The highest BCUT2D eigenvalue weighted by Crippen LogP contribution is 2.33. The van der Waals surface area contributed by atoms with Crippen LogP contribution < -0.4 is 4.74 Å². The van der Waals surface area contributed by atoms with E-state index >= 15 is 0 Å². The van der Waals surface area contributed by atoms with Crippen molar-refractivity contribution in [3.8, 4) is 23.6 Å². The molecule has 3 aromatic carbocycles. The van der Waals surface area contributed by atoms with Crippen LogP contribution in [-0.4, -0.2) is 11.7 Å². The Kier molecular flexibility index (Phi) is 4.09. The van der Waals surface area contributed by atoms with Gasteiger partial charge in [-0.05, 0) is 54.1 Å². The number of nitriles is 2. The fourth-order valence-electron chi connectivity index (χ4n) is 3.35. The molecule has 4 rings (SSSR count). The Balaban J connectivity index is 2.00. The molecule has 0 spiro atoms. The molecule has 0 aliphatic rings. The van der Waals surface area contributed by atoms with Crippen LogP contribution in [-0.2, 0) is 0 Å². The fraction of sp³-hybridized carbons (Fsp3) is 0.0435. The molecule has 4 heteroatoms. The molecule has 4 aromatic rings. The van der Waals surface area contributed by atoms with Gasteiger partial charge in [-0.25, -0.2) is 0 Å². The summed E-state index contributed by atoms with van der Waals surface area (Å²) >= 11 is 0. The summed E-state index contributed by atoms with van der Waals surface area (Å²) in [5, 5.41) is 20.2. The summed E-state index contributed by atoms with van der Waals surface area (Å²) in [5.74, 6) is 0.812. The smallest absolute Gasteiger partial charge is 0.130 e. The number of fused-ring (bicyclic) bond motifs is 3. The quantitative estimate of drug-likeness (QED) is 0.476. The molecule has 128 valence electrons. The molecule has 0 fully saturated rings. The van der Waals surface area contributed by atoms with Gasteiger partial charge in [0.25, 0.3) is 0 Å². The van der Waals surface area contributed by atoms with Gasteiger partial charge in [0.1, 0.15) is 23.5 Å². The summed E-state index contributed by atoms with van der Waals surface area (Å²) in [6.07, 6.45) is 1.61. The van der Waals surface area contributed by atoms with E-state index in [0.717, 1.165) is 38.8 Å². The minimum absolute atomic E-state index is 0.0910. The maximum absolute atomic E-state index is 9.01. The van der Waals surface area contributed by atoms with E-state index in [1.54, 1.807) is 13.2 Å². The molecular formula is C23H15N3O. The average Bonchev–Trinajstić information content (AvgIpc) is 3.06. The number of ether oxygens (including phenoxy) is 1. The van der Waals surface area contributed by atoms with Gasteiger partial charge in [-0.15, -0.1) is 0 Å². The molecule has 27 heavy (non-hydrogen) atoms. The van der Waals surface area contributed by atoms with Crippen molar-refractivity contribution in [2.24, 2.45) is 0 Å².